The van der Waals surface area contributed by atoms with Gasteiger partial charge in [-0.15, -0.1) is 0 Å². The maximum Gasteiger partial charge on any atom is 0.242 e. The molecule has 0 fully saturated rings. The van der Waals surface area contributed by atoms with Gasteiger partial charge in [0.25, 0.3) is 0 Å². The van der Waals surface area contributed by atoms with E-state index in [4.69, 9.17) is 11.6 Å². The summed E-state index contributed by atoms with van der Waals surface area (Å²) in [4.78, 5) is 26.8. The van der Waals surface area contributed by atoms with Crippen LogP contribution in [0.3, 0.4) is 0 Å². The van der Waals surface area contributed by atoms with E-state index in [0.29, 0.717) is 18.0 Å². The summed E-state index contributed by atoms with van der Waals surface area (Å²) in [6.45, 7) is 2.31. The van der Waals surface area contributed by atoms with Crippen molar-refractivity contribution in [3.8, 4) is 0 Å². The number of carbonyl (C=O) groups excluding carboxylic acids is 2. The number of rotatable bonds is 7. The van der Waals surface area contributed by atoms with Crippen LogP contribution in [0.5, 0.6) is 0 Å². The molecule has 4 nitrogen and oxygen atoms in total. The van der Waals surface area contributed by atoms with Crippen LogP contribution in [-0.2, 0) is 22.6 Å². The maximum atomic E-state index is 12.9. The maximum absolute atomic E-state index is 12.9. The first-order valence-corrected chi connectivity index (χ1v) is 8.72. The van der Waals surface area contributed by atoms with E-state index in [9.17, 15) is 9.59 Å². The quantitative estimate of drug-likeness (QED) is 0.824. The average molecular weight is 359 g/mol. The highest BCUT2D eigenvalue weighted by Crippen LogP contribution is 2.16. The molecule has 0 bridgehead atoms. The minimum absolute atomic E-state index is 0.0818. The molecule has 1 N–H and O–H groups in total. The fraction of sp³-hybridized carbons (Fsp3) is 0.300. The van der Waals surface area contributed by atoms with Gasteiger partial charge in [0.05, 0.1) is 6.42 Å². The second kappa shape index (κ2) is 9.23. The molecule has 0 saturated heterocycles. The summed E-state index contributed by atoms with van der Waals surface area (Å²) in [5.41, 5.74) is 1.87. The predicted octanol–water partition coefficient (Wildman–Crippen LogP) is 3.44. The molecule has 2 aromatic carbocycles. The second-order valence-electron chi connectivity index (χ2n) is 5.85. The lowest BCUT2D eigenvalue weighted by Gasteiger charge is -2.30. The first-order valence-electron chi connectivity index (χ1n) is 8.34. The molecular weight excluding hydrogens is 336 g/mol. The third-order valence-electron chi connectivity index (χ3n) is 4.10. The van der Waals surface area contributed by atoms with Crippen LogP contribution < -0.4 is 5.32 Å². The topological polar surface area (TPSA) is 49.4 Å². The molecule has 132 valence electrons. The normalized spacial score (nSPS) is 11.6. The van der Waals surface area contributed by atoms with Gasteiger partial charge in [-0.2, -0.15) is 0 Å². The summed E-state index contributed by atoms with van der Waals surface area (Å²) in [5.74, 6) is -0.232. The van der Waals surface area contributed by atoms with Crippen molar-refractivity contribution in [1.82, 2.24) is 10.2 Å². The lowest BCUT2D eigenvalue weighted by molar-refractivity contribution is -0.140. The summed E-state index contributed by atoms with van der Waals surface area (Å²) in [6, 6.07) is 16.4. The molecule has 1 atom stereocenters. The third-order valence-corrected chi connectivity index (χ3v) is 4.35. The van der Waals surface area contributed by atoms with Gasteiger partial charge >= 0.3 is 0 Å². The average Bonchev–Trinajstić information content (AvgIpc) is 2.64. The molecule has 0 spiro atoms. The summed E-state index contributed by atoms with van der Waals surface area (Å²) in [5, 5.41) is 3.29. The number of nitrogens with zero attached hydrogens (tertiary/aromatic N) is 1. The van der Waals surface area contributed by atoms with Crippen molar-refractivity contribution in [3.05, 3.63) is 70.7 Å². The van der Waals surface area contributed by atoms with Crippen LogP contribution in [0.15, 0.2) is 54.6 Å². The van der Waals surface area contributed by atoms with Crippen LogP contribution >= 0.6 is 11.6 Å². The molecule has 0 unspecified atom stereocenters. The Bertz CT molecular complexity index is 701. The summed E-state index contributed by atoms with van der Waals surface area (Å²) >= 11 is 5.90. The molecule has 2 aromatic rings. The zero-order chi connectivity index (χ0) is 18.2. The van der Waals surface area contributed by atoms with Gasteiger partial charge in [-0.05, 0) is 29.7 Å². The van der Waals surface area contributed by atoms with Crippen LogP contribution in [0.4, 0.5) is 0 Å². The Morgan fingerprint density at radius 2 is 1.68 bits per heavy atom. The number of halogens is 1. The van der Waals surface area contributed by atoms with Crippen molar-refractivity contribution in [2.75, 3.05) is 7.05 Å². The molecular formula is C20H23ClN2O2. The highest BCUT2D eigenvalue weighted by atomic mass is 35.5. The Labute approximate surface area is 153 Å². The van der Waals surface area contributed by atoms with Crippen molar-refractivity contribution in [1.29, 1.82) is 0 Å². The van der Waals surface area contributed by atoms with Crippen LogP contribution in [-0.4, -0.2) is 29.8 Å². The van der Waals surface area contributed by atoms with E-state index in [0.717, 1.165) is 11.1 Å². The van der Waals surface area contributed by atoms with E-state index in [2.05, 4.69) is 5.32 Å². The van der Waals surface area contributed by atoms with Gasteiger partial charge in [-0.25, -0.2) is 0 Å². The monoisotopic (exact) mass is 358 g/mol. The second-order valence-corrected chi connectivity index (χ2v) is 6.29. The van der Waals surface area contributed by atoms with Crippen LogP contribution in [0, 0.1) is 0 Å². The van der Waals surface area contributed by atoms with Crippen molar-refractivity contribution in [2.24, 2.45) is 0 Å². The number of amides is 2. The standard InChI is InChI=1S/C20H23ClN2O2/c1-3-18(20(25)22-2)23(14-16-7-5-4-6-8-16)19(24)13-15-9-11-17(21)12-10-15/h4-12,18H,3,13-14H2,1-2H3,(H,22,25)/t18-/m0/s1. The first-order chi connectivity index (χ1) is 12.0. The van der Waals surface area contributed by atoms with Crippen LogP contribution in [0.2, 0.25) is 5.02 Å². The van der Waals surface area contributed by atoms with Gasteiger partial charge in [0.15, 0.2) is 0 Å². The minimum atomic E-state index is -0.495. The molecule has 2 rings (SSSR count). The minimum Gasteiger partial charge on any atom is -0.357 e. The SMILES string of the molecule is CC[C@@H](C(=O)NC)N(Cc1ccccc1)C(=O)Cc1ccc(Cl)cc1. The Balaban J connectivity index is 2.23. The smallest absolute Gasteiger partial charge is 0.242 e. The van der Waals surface area contributed by atoms with Gasteiger partial charge < -0.3 is 10.2 Å². The van der Waals surface area contributed by atoms with E-state index in [1.54, 1.807) is 24.1 Å². The Morgan fingerprint density at radius 3 is 2.24 bits per heavy atom. The van der Waals surface area contributed by atoms with Crippen LogP contribution in [0.1, 0.15) is 24.5 Å². The molecule has 5 heteroatoms. The number of carbonyl (C=O) groups is 2. The molecule has 25 heavy (non-hydrogen) atoms. The van der Waals surface area contributed by atoms with Crippen molar-refractivity contribution in [3.63, 3.8) is 0 Å². The van der Waals surface area contributed by atoms with Gasteiger partial charge in [-0.1, -0.05) is 61.0 Å². The zero-order valence-corrected chi connectivity index (χ0v) is 15.3. The molecule has 0 saturated carbocycles. The fourth-order valence-corrected chi connectivity index (χ4v) is 2.87. The van der Waals surface area contributed by atoms with E-state index >= 15 is 0 Å². The van der Waals surface area contributed by atoms with Crippen LogP contribution in [0.25, 0.3) is 0 Å². The zero-order valence-electron chi connectivity index (χ0n) is 14.5. The first kappa shape index (κ1) is 19.0. The Kier molecular flexibility index (Phi) is 7.02. The van der Waals surface area contributed by atoms with Gasteiger partial charge in [0.2, 0.25) is 11.8 Å². The number of nitrogens with one attached hydrogen (secondary N) is 1. The lowest BCUT2D eigenvalue weighted by atomic mass is 10.1. The Morgan fingerprint density at radius 1 is 1.04 bits per heavy atom. The van der Waals surface area contributed by atoms with E-state index in [1.807, 2.05) is 49.4 Å². The van der Waals surface area contributed by atoms with Crippen molar-refractivity contribution >= 4 is 23.4 Å². The van der Waals surface area contributed by atoms with E-state index < -0.39 is 6.04 Å². The molecule has 0 aromatic heterocycles. The lowest BCUT2D eigenvalue weighted by Crippen LogP contribution is -2.48. The Hall–Kier alpha value is -2.33. The molecule has 0 aliphatic rings. The summed E-state index contributed by atoms with van der Waals surface area (Å²) in [7, 11) is 1.59. The number of hydrogen-bond acceptors (Lipinski definition) is 2. The number of hydrogen-bond donors (Lipinski definition) is 1. The largest absolute Gasteiger partial charge is 0.357 e. The molecule has 0 heterocycles. The fourth-order valence-electron chi connectivity index (χ4n) is 2.74. The van der Waals surface area contributed by atoms with Gasteiger partial charge in [0.1, 0.15) is 6.04 Å². The van der Waals surface area contributed by atoms with Gasteiger partial charge in [0, 0.05) is 18.6 Å². The number of benzene rings is 2. The van der Waals surface area contributed by atoms with E-state index in [-0.39, 0.29) is 18.2 Å². The van der Waals surface area contributed by atoms with E-state index in [1.165, 1.54) is 0 Å². The van der Waals surface area contributed by atoms with Crippen molar-refractivity contribution < 1.29 is 9.59 Å². The predicted molar refractivity (Wildman–Crippen MR) is 100 cm³/mol. The summed E-state index contributed by atoms with van der Waals surface area (Å²) in [6.07, 6.45) is 0.788. The molecule has 2 amide bonds. The molecule has 0 aliphatic heterocycles. The highest BCUT2D eigenvalue weighted by molar-refractivity contribution is 6.30. The highest BCUT2D eigenvalue weighted by Gasteiger charge is 2.27. The number of likely N-dealkylation sites (N-methyl/N-ethyl adjacent to an activating group) is 1. The van der Waals surface area contributed by atoms with Gasteiger partial charge in [-0.3, -0.25) is 9.59 Å². The summed E-state index contributed by atoms with van der Waals surface area (Å²) < 4.78 is 0. The molecule has 0 radical (unpaired) electrons. The van der Waals surface area contributed by atoms with Crippen molar-refractivity contribution in [2.45, 2.75) is 32.4 Å². The molecule has 0 aliphatic carbocycles. The third kappa shape index (κ3) is 5.33.